The zero-order chi connectivity index (χ0) is 21.8. The number of piperidine rings is 2. The zero-order valence-corrected chi connectivity index (χ0v) is 18.2. The highest BCUT2D eigenvalue weighted by Gasteiger charge is 2.31. The van der Waals surface area contributed by atoms with E-state index in [1.54, 1.807) is 30.3 Å². The summed E-state index contributed by atoms with van der Waals surface area (Å²) in [6.07, 6.45) is 4.51. The molecule has 0 radical (unpaired) electrons. The number of carbonyl (C=O) groups is 2. The van der Waals surface area contributed by atoms with E-state index in [1.165, 1.54) is 6.07 Å². The van der Waals surface area contributed by atoms with Crippen LogP contribution in [0.2, 0.25) is 0 Å². The summed E-state index contributed by atoms with van der Waals surface area (Å²) in [5, 5.41) is 0. The minimum absolute atomic E-state index is 0.0471. The summed E-state index contributed by atoms with van der Waals surface area (Å²) in [6, 6.07) is 10.0. The van der Waals surface area contributed by atoms with Gasteiger partial charge in [-0.1, -0.05) is 19.1 Å². The molecule has 0 unspecified atom stereocenters. The highest BCUT2D eigenvalue weighted by Crippen LogP contribution is 2.26. The molecule has 0 N–H and O–H groups in total. The molecule has 0 bridgehead atoms. The molecule has 166 valence electrons. The number of benzene rings is 1. The van der Waals surface area contributed by atoms with Crippen molar-refractivity contribution in [3.63, 3.8) is 0 Å². The predicted molar refractivity (Wildman–Crippen MR) is 117 cm³/mol. The molecule has 2 amide bonds. The monoisotopic (exact) mass is 426 g/mol. The van der Waals surface area contributed by atoms with Gasteiger partial charge in [-0.15, -0.1) is 0 Å². The van der Waals surface area contributed by atoms with Crippen LogP contribution in [-0.4, -0.2) is 47.8 Å². The van der Waals surface area contributed by atoms with Gasteiger partial charge in [-0.2, -0.15) is 0 Å². The summed E-state index contributed by atoms with van der Waals surface area (Å²) in [7, 11) is 0. The Morgan fingerprint density at radius 3 is 2.35 bits per heavy atom. The Labute approximate surface area is 183 Å². The number of nitrogens with zero attached hydrogens (tertiary/aromatic N) is 2. The molecule has 6 heteroatoms. The smallest absolute Gasteiger partial charge is 0.225 e. The number of carbonyl (C=O) groups excluding carboxylic acids is 2. The largest absolute Gasteiger partial charge is 0.461 e. The SMILES string of the molecule is CC1CCN(C(=O)C2CCN(C(=O)CCc3ccc(-c4ccccc4F)o3)CC2)CC1. The van der Waals surface area contributed by atoms with Gasteiger partial charge in [-0.05, 0) is 55.9 Å². The minimum Gasteiger partial charge on any atom is -0.461 e. The van der Waals surface area contributed by atoms with Gasteiger partial charge in [-0.3, -0.25) is 9.59 Å². The van der Waals surface area contributed by atoms with E-state index in [9.17, 15) is 14.0 Å². The molecule has 2 saturated heterocycles. The quantitative estimate of drug-likeness (QED) is 0.707. The van der Waals surface area contributed by atoms with E-state index in [2.05, 4.69) is 6.92 Å². The number of halogens is 1. The van der Waals surface area contributed by atoms with E-state index in [0.717, 1.165) is 38.8 Å². The average Bonchev–Trinajstić information content (AvgIpc) is 3.27. The Hall–Kier alpha value is -2.63. The fourth-order valence-corrected chi connectivity index (χ4v) is 4.57. The van der Waals surface area contributed by atoms with Crippen LogP contribution < -0.4 is 0 Å². The number of hydrogen-bond donors (Lipinski definition) is 0. The molecule has 31 heavy (non-hydrogen) atoms. The van der Waals surface area contributed by atoms with Gasteiger partial charge in [0.05, 0.1) is 5.56 Å². The molecule has 4 rings (SSSR count). The lowest BCUT2D eigenvalue weighted by atomic mass is 9.92. The normalized spacial score (nSPS) is 18.4. The van der Waals surface area contributed by atoms with E-state index < -0.39 is 0 Å². The molecule has 0 spiro atoms. The second kappa shape index (κ2) is 9.67. The van der Waals surface area contributed by atoms with E-state index in [1.807, 2.05) is 9.80 Å². The number of rotatable bonds is 5. The minimum atomic E-state index is -0.323. The molecule has 3 heterocycles. The van der Waals surface area contributed by atoms with Gasteiger partial charge in [-0.25, -0.2) is 4.39 Å². The first-order valence-corrected chi connectivity index (χ1v) is 11.4. The first-order chi connectivity index (χ1) is 15.0. The van der Waals surface area contributed by atoms with Crippen LogP contribution >= 0.6 is 0 Å². The van der Waals surface area contributed by atoms with E-state index in [4.69, 9.17) is 4.42 Å². The van der Waals surface area contributed by atoms with Crippen molar-refractivity contribution >= 4 is 11.8 Å². The molecule has 1 aromatic heterocycles. The van der Waals surface area contributed by atoms with Gasteiger partial charge in [0.15, 0.2) is 0 Å². The van der Waals surface area contributed by atoms with Gasteiger partial charge >= 0.3 is 0 Å². The molecule has 2 fully saturated rings. The van der Waals surface area contributed by atoms with Crippen molar-refractivity contribution in [1.82, 2.24) is 9.80 Å². The van der Waals surface area contributed by atoms with Crippen molar-refractivity contribution in [2.45, 2.75) is 45.4 Å². The second-order valence-electron chi connectivity index (χ2n) is 8.91. The Kier molecular flexibility index (Phi) is 6.73. The third-order valence-corrected chi connectivity index (χ3v) is 6.68. The summed E-state index contributed by atoms with van der Waals surface area (Å²) in [5.74, 6) is 1.95. The summed E-state index contributed by atoms with van der Waals surface area (Å²) in [5.41, 5.74) is 0.426. The molecule has 2 aliphatic rings. The van der Waals surface area contributed by atoms with Gasteiger partial charge in [0.25, 0.3) is 0 Å². The zero-order valence-electron chi connectivity index (χ0n) is 18.2. The van der Waals surface area contributed by atoms with Gasteiger partial charge < -0.3 is 14.2 Å². The van der Waals surface area contributed by atoms with Crippen molar-refractivity contribution in [1.29, 1.82) is 0 Å². The Balaban J connectivity index is 1.24. The number of furan rings is 1. The first-order valence-electron chi connectivity index (χ1n) is 11.4. The van der Waals surface area contributed by atoms with Crippen molar-refractivity contribution < 1.29 is 18.4 Å². The van der Waals surface area contributed by atoms with Crippen molar-refractivity contribution in [3.8, 4) is 11.3 Å². The van der Waals surface area contributed by atoms with Gasteiger partial charge in [0.1, 0.15) is 17.3 Å². The molecule has 0 saturated carbocycles. The molecule has 5 nitrogen and oxygen atoms in total. The molecule has 2 aliphatic heterocycles. The molecule has 2 aromatic rings. The molecular formula is C25H31FN2O3. The lowest BCUT2D eigenvalue weighted by molar-refractivity contribution is -0.141. The number of hydrogen-bond acceptors (Lipinski definition) is 3. The summed E-state index contributed by atoms with van der Waals surface area (Å²) < 4.78 is 19.7. The third kappa shape index (κ3) is 5.17. The van der Waals surface area contributed by atoms with Gasteiger partial charge in [0, 0.05) is 44.9 Å². The molecule has 1 aromatic carbocycles. The summed E-state index contributed by atoms with van der Waals surface area (Å²) in [6.45, 7) is 5.26. The van der Waals surface area contributed by atoms with Crippen LogP contribution in [0.25, 0.3) is 11.3 Å². The van der Waals surface area contributed by atoms with Crippen LogP contribution in [0.3, 0.4) is 0 Å². The van der Waals surface area contributed by atoms with E-state index in [-0.39, 0.29) is 23.5 Å². The Morgan fingerprint density at radius 2 is 1.65 bits per heavy atom. The van der Waals surface area contributed by atoms with Crippen molar-refractivity contribution in [2.75, 3.05) is 26.2 Å². The van der Waals surface area contributed by atoms with Gasteiger partial charge in [0.2, 0.25) is 11.8 Å². The fourth-order valence-electron chi connectivity index (χ4n) is 4.57. The lowest BCUT2D eigenvalue weighted by Gasteiger charge is -2.36. The number of amides is 2. The Bertz CT molecular complexity index is 909. The first kappa shape index (κ1) is 21.6. The predicted octanol–water partition coefficient (Wildman–Crippen LogP) is 4.52. The van der Waals surface area contributed by atoms with Crippen LogP contribution in [0.5, 0.6) is 0 Å². The van der Waals surface area contributed by atoms with Crippen LogP contribution in [-0.2, 0) is 16.0 Å². The standard InChI is InChI=1S/C25H31FN2O3/c1-18-10-14-28(15-11-18)25(30)19-12-16-27(17-13-19)24(29)9-7-20-6-8-23(31-20)21-4-2-3-5-22(21)26/h2-6,8,18-19H,7,9-17H2,1H3. The maximum atomic E-state index is 13.9. The lowest BCUT2D eigenvalue weighted by Crippen LogP contribution is -2.46. The molecule has 0 atom stereocenters. The van der Waals surface area contributed by atoms with Crippen LogP contribution in [0.15, 0.2) is 40.8 Å². The van der Waals surface area contributed by atoms with E-state index >= 15 is 0 Å². The maximum absolute atomic E-state index is 13.9. The van der Waals surface area contributed by atoms with Crippen LogP contribution in [0.4, 0.5) is 4.39 Å². The van der Waals surface area contributed by atoms with Crippen LogP contribution in [0, 0.1) is 17.7 Å². The third-order valence-electron chi connectivity index (χ3n) is 6.68. The van der Waals surface area contributed by atoms with E-state index in [0.29, 0.717) is 48.9 Å². The maximum Gasteiger partial charge on any atom is 0.225 e. The highest BCUT2D eigenvalue weighted by atomic mass is 19.1. The fraction of sp³-hybridized carbons (Fsp3) is 0.520. The topological polar surface area (TPSA) is 53.8 Å². The summed E-state index contributed by atoms with van der Waals surface area (Å²) in [4.78, 5) is 29.3. The average molecular weight is 427 g/mol. The summed E-state index contributed by atoms with van der Waals surface area (Å²) >= 11 is 0. The highest BCUT2D eigenvalue weighted by molar-refractivity contribution is 5.80. The van der Waals surface area contributed by atoms with Crippen molar-refractivity contribution in [2.24, 2.45) is 11.8 Å². The Morgan fingerprint density at radius 1 is 0.968 bits per heavy atom. The van der Waals surface area contributed by atoms with Crippen LogP contribution in [0.1, 0.15) is 44.8 Å². The number of likely N-dealkylation sites (tertiary alicyclic amines) is 2. The molecule has 0 aliphatic carbocycles. The number of aryl methyl sites for hydroxylation is 1. The van der Waals surface area contributed by atoms with Crippen molar-refractivity contribution in [3.05, 3.63) is 48.0 Å². The second-order valence-corrected chi connectivity index (χ2v) is 8.91. The molecular weight excluding hydrogens is 395 g/mol.